The smallest absolute Gasteiger partial charge is 0.00176 e. The lowest BCUT2D eigenvalue weighted by Crippen LogP contribution is -1.73. The van der Waals surface area contributed by atoms with Crippen LogP contribution >= 0.6 is 20.7 Å². The van der Waals surface area contributed by atoms with E-state index in [0.717, 1.165) is 0 Å². The van der Waals surface area contributed by atoms with Crippen LogP contribution in [-0.4, -0.2) is 8.44 Å². The second-order valence-corrected chi connectivity index (χ2v) is 3.86. The average molecular weight is 194 g/mol. The van der Waals surface area contributed by atoms with Crippen molar-refractivity contribution in [3.05, 3.63) is 12.2 Å². The molecule has 1 aliphatic heterocycles. The lowest BCUT2D eigenvalue weighted by atomic mass is 10.4. The number of halogens is 1. The Morgan fingerprint density at radius 1 is 1.50 bits per heavy atom. The van der Waals surface area contributed by atoms with Crippen LogP contribution in [0.15, 0.2) is 12.2 Å². The Labute approximate surface area is 48.0 Å². The van der Waals surface area contributed by atoms with Crippen LogP contribution in [0, 0.1) is 0 Å². The van der Waals surface area contributed by atoms with Crippen LogP contribution in [-0.2, 0) is 0 Å². The first-order valence-corrected chi connectivity index (χ1v) is 4.83. The van der Waals surface area contributed by atoms with E-state index in [2.05, 4.69) is 16.2 Å². The van der Waals surface area contributed by atoms with Crippen LogP contribution in [0.5, 0.6) is 0 Å². The van der Waals surface area contributed by atoms with Gasteiger partial charge in [-0.1, -0.05) is 12.2 Å². The summed E-state index contributed by atoms with van der Waals surface area (Å²) in [5.74, 6) is 0. The summed E-state index contributed by atoms with van der Waals surface area (Å²) in [6, 6.07) is 0. The molecule has 1 aliphatic rings. The molecule has 0 unspecified atom stereocenters. The number of hydrogen-bond acceptors (Lipinski definition) is 0. The van der Waals surface area contributed by atoms with Gasteiger partial charge in [-0.2, -0.15) is 0 Å². The van der Waals surface area contributed by atoms with E-state index in [9.17, 15) is 0 Å². The highest BCUT2D eigenvalue weighted by molar-refractivity contribution is 14.2. The van der Waals surface area contributed by atoms with Gasteiger partial charge in [0, 0.05) is 0 Å². The molecule has 6 heavy (non-hydrogen) atoms. The average Bonchev–Trinajstić information content (AvgIpc) is 1.72. The van der Waals surface area contributed by atoms with Crippen molar-refractivity contribution in [1.29, 1.82) is 0 Å². The molecule has 0 aromatic carbocycles. The van der Waals surface area contributed by atoms with E-state index < -0.39 is 0 Å². The Kier molecular flexibility index (Phi) is 1.88. The maximum Gasteiger partial charge on any atom is -0.00176 e. The van der Waals surface area contributed by atoms with Crippen molar-refractivity contribution in [1.82, 2.24) is 0 Å². The Balaban J connectivity index is 2.46. The van der Waals surface area contributed by atoms with Crippen LogP contribution in [0.2, 0.25) is 0 Å². The molecule has 0 aromatic rings. The molecule has 0 spiro atoms. The fourth-order valence-electron chi connectivity index (χ4n) is 0.388. The molecular weight excluding hydrogens is 187 g/mol. The third-order valence-corrected chi connectivity index (χ3v) is 2.85. The summed E-state index contributed by atoms with van der Waals surface area (Å²) in [5.41, 5.74) is 0. The summed E-state index contributed by atoms with van der Waals surface area (Å²) in [6.45, 7) is 0. The predicted molar refractivity (Wildman–Crippen MR) is 38.7 cm³/mol. The van der Waals surface area contributed by atoms with E-state index >= 15 is 0 Å². The molecule has 0 saturated carbocycles. The van der Waals surface area contributed by atoms with Crippen molar-refractivity contribution in [2.75, 3.05) is 4.43 Å². The van der Waals surface area contributed by atoms with Crippen LogP contribution < -0.4 is 0 Å². The highest BCUT2D eigenvalue weighted by atomic mass is 127. The van der Waals surface area contributed by atoms with Gasteiger partial charge in [0.1, 0.15) is 0 Å². The molecule has 0 saturated heterocycles. The standard InChI is InChI=1S/C5H7I/c1-2-4-6-5-3-1/h1-2,4H,3,5H2. The van der Waals surface area contributed by atoms with Gasteiger partial charge in [-0.15, -0.1) is 20.7 Å². The van der Waals surface area contributed by atoms with Gasteiger partial charge in [0.25, 0.3) is 0 Å². The highest BCUT2D eigenvalue weighted by Crippen LogP contribution is 2.03. The summed E-state index contributed by atoms with van der Waals surface area (Å²) in [5, 5.41) is 0. The van der Waals surface area contributed by atoms with Crippen molar-refractivity contribution in [3.63, 3.8) is 0 Å². The number of rotatable bonds is 0. The second kappa shape index (κ2) is 2.50. The molecule has 0 bridgehead atoms. The fourth-order valence-corrected chi connectivity index (χ4v) is 2.05. The second-order valence-electron chi connectivity index (χ2n) is 1.19. The monoisotopic (exact) mass is 194 g/mol. The normalized spacial score (nSPS) is 20.0. The molecule has 34 valence electrons. The summed E-state index contributed by atoms with van der Waals surface area (Å²) >= 11 is 0.503. The van der Waals surface area contributed by atoms with Gasteiger partial charge in [-0.25, -0.2) is 0 Å². The minimum atomic E-state index is 0.503. The number of allylic oxidation sites excluding steroid dienone is 2. The lowest BCUT2D eigenvalue weighted by molar-refractivity contribution is 1.28. The van der Waals surface area contributed by atoms with E-state index in [1.165, 1.54) is 10.8 Å². The SMILES string of the molecule is C1=CCCI=C1. The highest BCUT2D eigenvalue weighted by Gasteiger charge is 1.78. The van der Waals surface area contributed by atoms with Gasteiger partial charge < -0.3 is 0 Å². The molecule has 0 fully saturated rings. The van der Waals surface area contributed by atoms with E-state index in [1.54, 1.807) is 0 Å². The Bertz CT molecular complexity index is 69.9. The largest absolute Gasteiger partial charge is 0.122 e. The van der Waals surface area contributed by atoms with Crippen LogP contribution in [0.25, 0.3) is 0 Å². The van der Waals surface area contributed by atoms with E-state index in [-0.39, 0.29) is 0 Å². The molecule has 0 aliphatic carbocycles. The van der Waals surface area contributed by atoms with Gasteiger partial charge in [-0.05, 0) is 14.9 Å². The topological polar surface area (TPSA) is 0 Å². The zero-order valence-electron chi connectivity index (χ0n) is 3.52. The fraction of sp³-hybridized carbons (Fsp3) is 0.400. The van der Waals surface area contributed by atoms with E-state index in [0.29, 0.717) is 20.7 Å². The number of hydrogen-bond donors (Lipinski definition) is 0. The van der Waals surface area contributed by atoms with Crippen molar-refractivity contribution in [2.24, 2.45) is 0 Å². The Hall–Kier alpha value is 0.340. The zero-order valence-corrected chi connectivity index (χ0v) is 5.68. The predicted octanol–water partition coefficient (Wildman–Crippen LogP) is 1.72. The van der Waals surface area contributed by atoms with Crippen molar-refractivity contribution < 1.29 is 0 Å². The minimum absolute atomic E-state index is 0.503. The molecule has 0 amide bonds. The first-order chi connectivity index (χ1) is 3.00. The third kappa shape index (κ3) is 1.20. The molecule has 1 rings (SSSR count). The van der Waals surface area contributed by atoms with Crippen LogP contribution in [0.3, 0.4) is 0 Å². The third-order valence-electron chi connectivity index (χ3n) is 0.683. The molecule has 0 N–H and O–H groups in total. The first-order valence-electron chi connectivity index (χ1n) is 2.06. The molecule has 0 nitrogen and oxygen atoms in total. The minimum Gasteiger partial charge on any atom is -0.122 e. The maximum atomic E-state index is 2.32. The quantitative estimate of drug-likeness (QED) is 0.406. The van der Waals surface area contributed by atoms with E-state index in [4.69, 9.17) is 0 Å². The Morgan fingerprint density at radius 2 is 2.50 bits per heavy atom. The van der Waals surface area contributed by atoms with E-state index in [1.807, 2.05) is 0 Å². The van der Waals surface area contributed by atoms with Gasteiger partial charge in [-0.3, -0.25) is 0 Å². The summed E-state index contributed by atoms with van der Waals surface area (Å²) in [6.07, 6.45) is 5.77. The van der Waals surface area contributed by atoms with Crippen LogP contribution in [0.1, 0.15) is 6.42 Å². The molecule has 0 atom stereocenters. The molecule has 0 radical (unpaired) electrons. The van der Waals surface area contributed by atoms with Gasteiger partial charge >= 0.3 is 0 Å². The Morgan fingerprint density at radius 3 is 2.67 bits per heavy atom. The van der Waals surface area contributed by atoms with Gasteiger partial charge in [0.2, 0.25) is 0 Å². The van der Waals surface area contributed by atoms with Crippen molar-refractivity contribution in [2.45, 2.75) is 6.42 Å². The summed E-state index contributed by atoms with van der Waals surface area (Å²) in [4.78, 5) is 0. The van der Waals surface area contributed by atoms with Crippen LogP contribution in [0.4, 0.5) is 0 Å². The summed E-state index contributed by atoms with van der Waals surface area (Å²) < 4.78 is 3.79. The molecular formula is C5H7I. The number of alkyl halides is 1. The molecule has 1 heterocycles. The summed E-state index contributed by atoms with van der Waals surface area (Å²) in [7, 11) is 0. The lowest BCUT2D eigenvalue weighted by Gasteiger charge is -1.87. The van der Waals surface area contributed by atoms with Gasteiger partial charge in [0.15, 0.2) is 0 Å². The maximum absolute atomic E-state index is 2.32. The first kappa shape index (κ1) is 4.50. The van der Waals surface area contributed by atoms with Crippen molar-refractivity contribution in [3.8, 4) is 0 Å². The molecule has 0 aromatic heterocycles. The van der Waals surface area contributed by atoms with Gasteiger partial charge in [0.05, 0.1) is 0 Å². The zero-order chi connectivity index (χ0) is 4.24. The molecule has 1 heteroatoms. The van der Waals surface area contributed by atoms with Crippen molar-refractivity contribution >= 4 is 24.7 Å².